The zero-order valence-corrected chi connectivity index (χ0v) is 12.5. The third kappa shape index (κ3) is 3.01. The summed E-state index contributed by atoms with van der Waals surface area (Å²) in [6.07, 6.45) is 1.78. The fourth-order valence-electron chi connectivity index (χ4n) is 2.25. The molecule has 19 heavy (non-hydrogen) atoms. The van der Waals surface area contributed by atoms with Gasteiger partial charge in [0.2, 0.25) is 0 Å². The summed E-state index contributed by atoms with van der Waals surface area (Å²) in [5.74, 6) is -0.102. The molecule has 1 aromatic heterocycles. The Labute approximate surface area is 121 Å². The van der Waals surface area contributed by atoms with Gasteiger partial charge in [-0.3, -0.25) is 4.98 Å². The highest BCUT2D eigenvalue weighted by molar-refractivity contribution is 9.10. The van der Waals surface area contributed by atoms with Gasteiger partial charge in [0.05, 0.1) is 4.47 Å². The SMILES string of the molecule is CNC(c1cccc(F)c1Br)C(C)c1ccccn1. The summed E-state index contributed by atoms with van der Waals surface area (Å²) in [5, 5.41) is 3.25. The second kappa shape index (κ2) is 6.26. The number of nitrogens with one attached hydrogen (secondary N) is 1. The van der Waals surface area contributed by atoms with E-state index >= 15 is 0 Å². The first-order chi connectivity index (χ1) is 9.15. The minimum Gasteiger partial charge on any atom is -0.312 e. The predicted molar refractivity (Wildman–Crippen MR) is 78.6 cm³/mol. The van der Waals surface area contributed by atoms with E-state index < -0.39 is 0 Å². The largest absolute Gasteiger partial charge is 0.312 e. The van der Waals surface area contributed by atoms with Crippen molar-refractivity contribution in [2.75, 3.05) is 7.05 Å². The van der Waals surface area contributed by atoms with Crippen LogP contribution >= 0.6 is 15.9 Å². The summed E-state index contributed by atoms with van der Waals surface area (Å²) in [6, 6.07) is 10.9. The van der Waals surface area contributed by atoms with Crippen molar-refractivity contribution in [2.45, 2.75) is 18.9 Å². The number of benzene rings is 1. The lowest BCUT2D eigenvalue weighted by Gasteiger charge is -2.24. The molecule has 0 amide bonds. The fraction of sp³-hybridized carbons (Fsp3) is 0.267. The van der Waals surface area contributed by atoms with E-state index in [0.717, 1.165) is 11.3 Å². The summed E-state index contributed by atoms with van der Waals surface area (Å²) in [4.78, 5) is 4.38. The van der Waals surface area contributed by atoms with Crippen molar-refractivity contribution < 1.29 is 4.39 Å². The predicted octanol–water partition coefficient (Wildman–Crippen LogP) is 4.05. The van der Waals surface area contributed by atoms with E-state index in [-0.39, 0.29) is 17.8 Å². The molecule has 0 fully saturated rings. The van der Waals surface area contributed by atoms with Crippen molar-refractivity contribution in [1.82, 2.24) is 10.3 Å². The molecule has 0 saturated carbocycles. The molecule has 2 atom stereocenters. The van der Waals surface area contributed by atoms with E-state index in [0.29, 0.717) is 4.47 Å². The Morgan fingerprint density at radius 2 is 2.00 bits per heavy atom. The van der Waals surface area contributed by atoms with Gasteiger partial charge in [0.1, 0.15) is 5.82 Å². The van der Waals surface area contributed by atoms with Crippen LogP contribution in [0.2, 0.25) is 0 Å². The first kappa shape index (κ1) is 14.2. The van der Waals surface area contributed by atoms with Crippen LogP contribution in [-0.4, -0.2) is 12.0 Å². The van der Waals surface area contributed by atoms with Crippen LogP contribution in [-0.2, 0) is 0 Å². The second-order valence-corrected chi connectivity index (χ2v) is 5.25. The van der Waals surface area contributed by atoms with Crippen molar-refractivity contribution in [3.05, 3.63) is 64.1 Å². The lowest BCUT2D eigenvalue weighted by atomic mass is 9.91. The molecule has 0 aliphatic rings. The Hall–Kier alpha value is -1.26. The van der Waals surface area contributed by atoms with Gasteiger partial charge in [-0.15, -0.1) is 0 Å². The summed E-state index contributed by atoms with van der Waals surface area (Å²) in [7, 11) is 1.88. The maximum Gasteiger partial charge on any atom is 0.137 e. The molecule has 0 spiro atoms. The average molecular weight is 323 g/mol. The molecule has 0 aliphatic carbocycles. The van der Waals surface area contributed by atoms with Crippen LogP contribution in [0.5, 0.6) is 0 Å². The van der Waals surface area contributed by atoms with Gasteiger partial charge >= 0.3 is 0 Å². The summed E-state index contributed by atoms with van der Waals surface area (Å²) in [6.45, 7) is 2.08. The van der Waals surface area contributed by atoms with Crippen LogP contribution in [0, 0.1) is 5.82 Å². The molecular weight excluding hydrogens is 307 g/mol. The summed E-state index contributed by atoms with van der Waals surface area (Å²) >= 11 is 3.33. The van der Waals surface area contributed by atoms with E-state index in [2.05, 4.69) is 33.2 Å². The zero-order chi connectivity index (χ0) is 13.8. The van der Waals surface area contributed by atoms with Gasteiger partial charge in [-0.05, 0) is 46.7 Å². The lowest BCUT2D eigenvalue weighted by Crippen LogP contribution is -2.23. The summed E-state index contributed by atoms with van der Waals surface area (Å²) < 4.78 is 14.2. The van der Waals surface area contributed by atoms with Crippen molar-refractivity contribution in [3.63, 3.8) is 0 Å². The summed E-state index contributed by atoms with van der Waals surface area (Å²) in [5.41, 5.74) is 1.89. The molecule has 0 aliphatic heterocycles. The molecule has 1 aromatic carbocycles. The number of halogens is 2. The van der Waals surface area contributed by atoms with Crippen molar-refractivity contribution >= 4 is 15.9 Å². The lowest BCUT2D eigenvalue weighted by molar-refractivity contribution is 0.492. The third-order valence-corrected chi connectivity index (χ3v) is 4.12. The Morgan fingerprint density at radius 3 is 2.63 bits per heavy atom. The smallest absolute Gasteiger partial charge is 0.137 e. The quantitative estimate of drug-likeness (QED) is 0.918. The van der Waals surface area contributed by atoms with Crippen LogP contribution < -0.4 is 5.32 Å². The average Bonchev–Trinajstić information content (AvgIpc) is 2.45. The number of rotatable bonds is 4. The Bertz CT molecular complexity index is 545. The molecule has 0 radical (unpaired) electrons. The van der Waals surface area contributed by atoms with Gasteiger partial charge in [0.15, 0.2) is 0 Å². The molecule has 0 saturated heterocycles. The van der Waals surface area contributed by atoms with Crippen LogP contribution in [0.25, 0.3) is 0 Å². The van der Waals surface area contributed by atoms with Gasteiger partial charge in [-0.25, -0.2) is 4.39 Å². The number of hydrogen-bond acceptors (Lipinski definition) is 2. The van der Waals surface area contributed by atoms with Gasteiger partial charge in [-0.2, -0.15) is 0 Å². The monoisotopic (exact) mass is 322 g/mol. The van der Waals surface area contributed by atoms with Gasteiger partial charge < -0.3 is 5.32 Å². The Balaban J connectivity index is 2.37. The van der Waals surface area contributed by atoms with Gasteiger partial charge in [0.25, 0.3) is 0 Å². The normalized spacial score (nSPS) is 14.1. The fourth-order valence-corrected chi connectivity index (χ4v) is 2.76. The highest BCUT2D eigenvalue weighted by atomic mass is 79.9. The van der Waals surface area contributed by atoms with Gasteiger partial charge in [-0.1, -0.05) is 25.1 Å². The maximum atomic E-state index is 13.7. The molecule has 100 valence electrons. The first-order valence-corrected chi connectivity index (χ1v) is 6.96. The number of nitrogens with zero attached hydrogens (tertiary/aromatic N) is 1. The first-order valence-electron chi connectivity index (χ1n) is 6.17. The topological polar surface area (TPSA) is 24.9 Å². The highest BCUT2D eigenvalue weighted by Gasteiger charge is 2.23. The van der Waals surface area contributed by atoms with Crippen molar-refractivity contribution in [3.8, 4) is 0 Å². The van der Waals surface area contributed by atoms with Crippen LogP contribution in [0.1, 0.15) is 30.1 Å². The minimum atomic E-state index is -0.244. The molecule has 2 aromatic rings. The van der Waals surface area contributed by atoms with Crippen LogP contribution in [0.4, 0.5) is 4.39 Å². The Morgan fingerprint density at radius 1 is 1.21 bits per heavy atom. The highest BCUT2D eigenvalue weighted by Crippen LogP contribution is 2.34. The molecule has 2 rings (SSSR count). The number of pyridine rings is 1. The second-order valence-electron chi connectivity index (χ2n) is 4.45. The molecule has 1 N–H and O–H groups in total. The molecule has 0 bridgehead atoms. The standard InChI is InChI=1S/C15H16BrFN2/c1-10(13-8-3-4-9-19-13)15(18-2)11-6-5-7-12(17)14(11)16/h3-10,15,18H,1-2H3. The molecule has 2 unspecified atom stereocenters. The van der Waals surface area contributed by atoms with Gasteiger partial charge in [0, 0.05) is 23.9 Å². The van der Waals surface area contributed by atoms with Crippen molar-refractivity contribution in [2.24, 2.45) is 0 Å². The molecule has 2 nitrogen and oxygen atoms in total. The molecular formula is C15H16BrFN2. The van der Waals surface area contributed by atoms with E-state index in [1.807, 2.05) is 31.3 Å². The maximum absolute atomic E-state index is 13.7. The minimum absolute atomic E-state index is 0.0000231. The number of hydrogen-bond donors (Lipinski definition) is 1. The molecule has 4 heteroatoms. The molecule has 1 heterocycles. The van der Waals surface area contributed by atoms with Crippen molar-refractivity contribution in [1.29, 1.82) is 0 Å². The number of likely N-dealkylation sites (N-methyl/N-ethyl adjacent to an activating group) is 1. The number of aromatic nitrogens is 1. The van der Waals surface area contributed by atoms with E-state index in [1.54, 1.807) is 12.3 Å². The third-order valence-electron chi connectivity index (χ3n) is 3.28. The van der Waals surface area contributed by atoms with Crippen LogP contribution in [0.3, 0.4) is 0 Å². The van der Waals surface area contributed by atoms with Crippen LogP contribution in [0.15, 0.2) is 47.1 Å². The zero-order valence-electron chi connectivity index (χ0n) is 10.9. The Kier molecular flexibility index (Phi) is 4.66. The van der Waals surface area contributed by atoms with E-state index in [4.69, 9.17) is 0 Å². The van der Waals surface area contributed by atoms with E-state index in [1.165, 1.54) is 6.07 Å². The van der Waals surface area contributed by atoms with E-state index in [9.17, 15) is 4.39 Å².